The second kappa shape index (κ2) is 8.53. The van der Waals surface area contributed by atoms with Crippen LogP contribution in [0.5, 0.6) is 0 Å². The third kappa shape index (κ3) is 5.65. The lowest BCUT2D eigenvalue weighted by atomic mass is 10.1. The summed E-state index contributed by atoms with van der Waals surface area (Å²) in [7, 11) is 0. The van der Waals surface area contributed by atoms with E-state index in [1.165, 1.54) is 69.7 Å². The SMILES string of the molecule is CC(C)CCN(CCC1CSCCN1)C1CCCC1. The van der Waals surface area contributed by atoms with Crippen molar-refractivity contribution in [1.29, 1.82) is 0 Å². The molecule has 1 N–H and O–H groups in total. The average Bonchev–Trinajstić information content (AvgIpc) is 2.93. The highest BCUT2D eigenvalue weighted by atomic mass is 32.2. The van der Waals surface area contributed by atoms with Gasteiger partial charge in [-0.1, -0.05) is 26.7 Å². The molecule has 1 heterocycles. The zero-order valence-electron chi connectivity index (χ0n) is 12.9. The minimum absolute atomic E-state index is 0.765. The Morgan fingerprint density at radius 3 is 2.63 bits per heavy atom. The van der Waals surface area contributed by atoms with Crippen LogP contribution in [-0.4, -0.2) is 48.1 Å². The molecular formula is C16H32N2S. The predicted molar refractivity (Wildman–Crippen MR) is 87.0 cm³/mol. The Morgan fingerprint density at radius 2 is 2.00 bits per heavy atom. The summed E-state index contributed by atoms with van der Waals surface area (Å²) >= 11 is 2.12. The molecular weight excluding hydrogens is 252 g/mol. The van der Waals surface area contributed by atoms with Gasteiger partial charge in [0, 0.05) is 30.1 Å². The third-order valence-corrected chi connectivity index (χ3v) is 5.73. The van der Waals surface area contributed by atoms with Gasteiger partial charge in [-0.25, -0.2) is 0 Å². The van der Waals surface area contributed by atoms with E-state index in [1.54, 1.807) is 0 Å². The molecule has 3 heteroatoms. The first kappa shape index (κ1) is 15.7. The van der Waals surface area contributed by atoms with Crippen LogP contribution in [0.2, 0.25) is 0 Å². The number of rotatable bonds is 7. The first-order valence-corrected chi connectivity index (χ1v) is 9.46. The van der Waals surface area contributed by atoms with Crippen LogP contribution in [0.15, 0.2) is 0 Å². The first-order valence-electron chi connectivity index (χ1n) is 8.31. The van der Waals surface area contributed by atoms with E-state index in [0.717, 1.165) is 18.0 Å². The van der Waals surface area contributed by atoms with Crippen LogP contribution in [-0.2, 0) is 0 Å². The summed E-state index contributed by atoms with van der Waals surface area (Å²) in [5, 5.41) is 3.68. The Labute approximate surface area is 124 Å². The van der Waals surface area contributed by atoms with E-state index in [9.17, 15) is 0 Å². The topological polar surface area (TPSA) is 15.3 Å². The smallest absolute Gasteiger partial charge is 0.0170 e. The van der Waals surface area contributed by atoms with E-state index in [1.807, 2.05) is 0 Å². The largest absolute Gasteiger partial charge is 0.312 e. The van der Waals surface area contributed by atoms with Crippen molar-refractivity contribution in [2.24, 2.45) is 5.92 Å². The van der Waals surface area contributed by atoms with Gasteiger partial charge in [-0.15, -0.1) is 0 Å². The van der Waals surface area contributed by atoms with Gasteiger partial charge in [0.15, 0.2) is 0 Å². The van der Waals surface area contributed by atoms with Crippen molar-refractivity contribution in [2.45, 2.75) is 64.5 Å². The maximum absolute atomic E-state index is 3.68. The van der Waals surface area contributed by atoms with Crippen LogP contribution in [0.1, 0.15) is 52.4 Å². The Bertz CT molecular complexity index is 233. The molecule has 2 nitrogen and oxygen atoms in total. The van der Waals surface area contributed by atoms with E-state index in [4.69, 9.17) is 0 Å². The molecule has 0 spiro atoms. The van der Waals surface area contributed by atoms with Gasteiger partial charge in [0.05, 0.1) is 0 Å². The highest BCUT2D eigenvalue weighted by molar-refractivity contribution is 7.99. The van der Waals surface area contributed by atoms with Gasteiger partial charge in [0.1, 0.15) is 0 Å². The molecule has 2 fully saturated rings. The highest BCUT2D eigenvalue weighted by Crippen LogP contribution is 2.24. The van der Waals surface area contributed by atoms with Crippen molar-refractivity contribution >= 4 is 11.8 Å². The molecule has 0 aromatic carbocycles. The lowest BCUT2D eigenvalue weighted by Gasteiger charge is -2.32. The molecule has 19 heavy (non-hydrogen) atoms. The van der Waals surface area contributed by atoms with Gasteiger partial charge in [-0.2, -0.15) is 11.8 Å². The van der Waals surface area contributed by atoms with Crippen molar-refractivity contribution in [3.8, 4) is 0 Å². The lowest BCUT2D eigenvalue weighted by Crippen LogP contribution is -2.42. The molecule has 0 amide bonds. The summed E-state index contributed by atoms with van der Waals surface area (Å²) in [6.07, 6.45) is 8.53. The summed E-state index contributed by atoms with van der Waals surface area (Å²) in [5.74, 6) is 3.46. The minimum atomic E-state index is 0.765. The Morgan fingerprint density at radius 1 is 1.21 bits per heavy atom. The quantitative estimate of drug-likeness (QED) is 0.771. The monoisotopic (exact) mass is 284 g/mol. The number of hydrogen-bond acceptors (Lipinski definition) is 3. The molecule has 0 aromatic rings. The molecule has 0 bridgehead atoms. The molecule has 2 aliphatic rings. The van der Waals surface area contributed by atoms with E-state index in [-0.39, 0.29) is 0 Å². The van der Waals surface area contributed by atoms with E-state index in [2.05, 4.69) is 35.8 Å². The molecule has 1 unspecified atom stereocenters. The van der Waals surface area contributed by atoms with Gasteiger partial charge < -0.3 is 10.2 Å². The van der Waals surface area contributed by atoms with Crippen LogP contribution < -0.4 is 5.32 Å². The molecule has 0 radical (unpaired) electrons. The second-order valence-corrected chi connectivity index (χ2v) is 7.82. The molecule has 2 rings (SSSR count). The number of nitrogens with one attached hydrogen (secondary N) is 1. The highest BCUT2D eigenvalue weighted by Gasteiger charge is 2.23. The van der Waals surface area contributed by atoms with Gasteiger partial charge in [0.2, 0.25) is 0 Å². The Balaban J connectivity index is 1.74. The zero-order chi connectivity index (χ0) is 13.5. The Hall–Kier alpha value is 0.270. The van der Waals surface area contributed by atoms with Crippen molar-refractivity contribution in [1.82, 2.24) is 10.2 Å². The summed E-state index contributed by atoms with van der Waals surface area (Å²) in [4.78, 5) is 2.81. The summed E-state index contributed by atoms with van der Waals surface area (Å²) in [6, 6.07) is 1.66. The van der Waals surface area contributed by atoms with Gasteiger partial charge >= 0.3 is 0 Å². The fourth-order valence-electron chi connectivity index (χ4n) is 3.30. The fraction of sp³-hybridized carbons (Fsp3) is 1.00. The van der Waals surface area contributed by atoms with Crippen molar-refractivity contribution in [3.63, 3.8) is 0 Å². The average molecular weight is 285 g/mol. The molecule has 1 saturated heterocycles. The van der Waals surface area contributed by atoms with Crippen molar-refractivity contribution in [2.75, 3.05) is 31.1 Å². The maximum atomic E-state index is 3.68. The summed E-state index contributed by atoms with van der Waals surface area (Å²) in [5.41, 5.74) is 0. The van der Waals surface area contributed by atoms with Crippen LogP contribution in [0, 0.1) is 5.92 Å². The molecule has 112 valence electrons. The number of thioether (sulfide) groups is 1. The van der Waals surface area contributed by atoms with E-state index < -0.39 is 0 Å². The van der Waals surface area contributed by atoms with Gasteiger partial charge in [-0.3, -0.25) is 0 Å². The zero-order valence-corrected chi connectivity index (χ0v) is 13.7. The third-order valence-electron chi connectivity index (χ3n) is 4.60. The van der Waals surface area contributed by atoms with Gasteiger partial charge in [-0.05, 0) is 44.7 Å². The van der Waals surface area contributed by atoms with E-state index >= 15 is 0 Å². The summed E-state index contributed by atoms with van der Waals surface area (Å²) < 4.78 is 0. The molecule has 1 aliphatic carbocycles. The Kier molecular flexibility index (Phi) is 7.03. The second-order valence-electron chi connectivity index (χ2n) is 6.67. The lowest BCUT2D eigenvalue weighted by molar-refractivity contribution is 0.180. The first-order chi connectivity index (χ1) is 9.25. The summed E-state index contributed by atoms with van der Waals surface area (Å²) in [6.45, 7) is 8.56. The standard InChI is InChI=1S/C16H32N2S/c1-14(2)7-10-18(16-5-3-4-6-16)11-8-15-13-19-12-9-17-15/h14-17H,3-13H2,1-2H3. The minimum Gasteiger partial charge on any atom is -0.312 e. The van der Waals surface area contributed by atoms with Crippen molar-refractivity contribution in [3.05, 3.63) is 0 Å². The van der Waals surface area contributed by atoms with Gasteiger partial charge in [0.25, 0.3) is 0 Å². The van der Waals surface area contributed by atoms with Crippen LogP contribution in [0.25, 0.3) is 0 Å². The molecule has 0 aromatic heterocycles. The number of hydrogen-bond donors (Lipinski definition) is 1. The van der Waals surface area contributed by atoms with E-state index in [0.29, 0.717) is 0 Å². The van der Waals surface area contributed by atoms with Crippen LogP contribution >= 0.6 is 11.8 Å². The predicted octanol–water partition coefficient (Wildman–Crippen LogP) is 3.37. The molecule has 1 atom stereocenters. The van der Waals surface area contributed by atoms with Crippen molar-refractivity contribution < 1.29 is 0 Å². The maximum Gasteiger partial charge on any atom is 0.0170 e. The normalized spacial score (nSPS) is 25.6. The molecule has 1 aliphatic heterocycles. The van der Waals surface area contributed by atoms with Crippen LogP contribution in [0.3, 0.4) is 0 Å². The number of nitrogens with zero attached hydrogens (tertiary/aromatic N) is 1. The fourth-order valence-corrected chi connectivity index (χ4v) is 4.30. The molecule has 1 saturated carbocycles. The van der Waals surface area contributed by atoms with Crippen LogP contribution in [0.4, 0.5) is 0 Å².